The number of carbonyl (C=O) groups excluding carboxylic acids is 1. The molecular weight excluding hydrogens is 440 g/mol. The maximum Gasteiger partial charge on any atom is 0.265 e. The van der Waals surface area contributed by atoms with Gasteiger partial charge in [0.05, 0.1) is 29.1 Å². The van der Waals surface area contributed by atoms with Crippen LogP contribution in [-0.2, 0) is 10.0 Å². The van der Waals surface area contributed by atoms with E-state index in [9.17, 15) is 13.2 Å². The molecule has 31 heavy (non-hydrogen) atoms. The number of benzene rings is 3. The molecule has 9 heteroatoms. The number of anilines is 2. The summed E-state index contributed by atoms with van der Waals surface area (Å²) < 4.78 is 38.7. The molecule has 7 nitrogen and oxygen atoms in total. The van der Waals surface area contributed by atoms with E-state index in [1.807, 2.05) is 13.0 Å². The molecule has 0 spiro atoms. The first-order valence-corrected chi connectivity index (χ1v) is 11.1. The highest BCUT2D eigenvalue weighted by Crippen LogP contribution is 2.40. The van der Waals surface area contributed by atoms with E-state index in [1.165, 1.54) is 26.3 Å². The van der Waals surface area contributed by atoms with Crippen molar-refractivity contribution < 1.29 is 22.7 Å². The van der Waals surface area contributed by atoms with Crippen LogP contribution < -0.4 is 19.1 Å². The maximum absolute atomic E-state index is 13.3. The molecule has 1 N–H and O–H groups in total. The van der Waals surface area contributed by atoms with Crippen molar-refractivity contribution in [3.63, 3.8) is 0 Å². The van der Waals surface area contributed by atoms with E-state index in [2.05, 4.69) is 5.32 Å². The molecule has 1 heterocycles. The quantitative estimate of drug-likeness (QED) is 0.604. The van der Waals surface area contributed by atoms with Gasteiger partial charge in [0.2, 0.25) is 0 Å². The molecule has 1 amide bonds. The molecule has 0 unspecified atom stereocenters. The van der Waals surface area contributed by atoms with Gasteiger partial charge < -0.3 is 14.8 Å². The molecule has 0 fully saturated rings. The van der Waals surface area contributed by atoms with E-state index in [-0.39, 0.29) is 21.2 Å². The summed E-state index contributed by atoms with van der Waals surface area (Å²) in [5.41, 5.74) is 1.92. The number of hydrogen-bond donors (Lipinski definition) is 1. The molecule has 0 saturated carbocycles. The fourth-order valence-corrected chi connectivity index (χ4v) is 4.91. The number of carbonyl (C=O) groups is 1. The second kappa shape index (κ2) is 7.79. The van der Waals surface area contributed by atoms with Crippen LogP contribution in [0.1, 0.15) is 15.9 Å². The Morgan fingerprint density at radius 1 is 1.03 bits per heavy atom. The van der Waals surface area contributed by atoms with Crippen LogP contribution >= 0.6 is 11.6 Å². The molecule has 0 bridgehead atoms. The van der Waals surface area contributed by atoms with E-state index in [1.54, 1.807) is 36.4 Å². The molecule has 1 aliphatic heterocycles. The predicted octanol–water partition coefficient (Wildman–Crippen LogP) is 4.84. The van der Waals surface area contributed by atoms with Crippen LogP contribution in [0.15, 0.2) is 59.5 Å². The zero-order valence-electron chi connectivity index (χ0n) is 17.0. The van der Waals surface area contributed by atoms with Crippen LogP contribution in [0, 0.1) is 6.92 Å². The largest absolute Gasteiger partial charge is 0.497 e. The number of amides is 1. The molecule has 0 aliphatic carbocycles. The Bertz CT molecular complexity index is 1290. The van der Waals surface area contributed by atoms with E-state index < -0.39 is 15.9 Å². The third-order valence-corrected chi connectivity index (χ3v) is 7.21. The van der Waals surface area contributed by atoms with Gasteiger partial charge in [0.25, 0.3) is 15.9 Å². The minimum Gasteiger partial charge on any atom is -0.497 e. The molecule has 0 atom stereocenters. The summed E-state index contributed by atoms with van der Waals surface area (Å²) in [5, 5.41) is 2.70. The van der Waals surface area contributed by atoms with E-state index in [4.69, 9.17) is 21.1 Å². The van der Waals surface area contributed by atoms with Crippen LogP contribution in [0.25, 0.3) is 0 Å². The first-order valence-electron chi connectivity index (χ1n) is 9.27. The van der Waals surface area contributed by atoms with Gasteiger partial charge in [-0.2, -0.15) is 0 Å². The number of fused-ring (bicyclic) bond motifs is 2. The van der Waals surface area contributed by atoms with Gasteiger partial charge in [-0.05, 0) is 55.0 Å². The van der Waals surface area contributed by atoms with Crippen molar-refractivity contribution in [3.05, 3.63) is 70.7 Å². The number of sulfonamides is 1. The fourth-order valence-electron chi connectivity index (χ4n) is 3.20. The second-order valence-corrected chi connectivity index (χ2v) is 9.35. The van der Waals surface area contributed by atoms with Gasteiger partial charge >= 0.3 is 0 Å². The van der Waals surface area contributed by atoms with E-state index >= 15 is 0 Å². The molecule has 1 aliphatic rings. The third kappa shape index (κ3) is 3.80. The molecule has 160 valence electrons. The second-order valence-electron chi connectivity index (χ2n) is 7.01. The molecular formula is C22H19ClN2O5S. The van der Waals surface area contributed by atoms with Crippen molar-refractivity contribution in [1.29, 1.82) is 0 Å². The van der Waals surface area contributed by atoms with Gasteiger partial charge in [-0.1, -0.05) is 17.7 Å². The topological polar surface area (TPSA) is 84.9 Å². The molecule has 0 saturated heterocycles. The Morgan fingerprint density at radius 3 is 2.42 bits per heavy atom. The Hall–Kier alpha value is -3.23. The number of nitrogens with one attached hydrogen (secondary N) is 1. The maximum atomic E-state index is 13.3. The third-order valence-electron chi connectivity index (χ3n) is 4.96. The summed E-state index contributed by atoms with van der Waals surface area (Å²) in [6.45, 7) is 1.90. The number of halogens is 1. The summed E-state index contributed by atoms with van der Waals surface area (Å²) in [5.74, 6) is 0.742. The zero-order chi connectivity index (χ0) is 22.3. The van der Waals surface area contributed by atoms with Gasteiger partial charge in [0.1, 0.15) is 16.4 Å². The van der Waals surface area contributed by atoms with E-state index in [0.29, 0.717) is 22.9 Å². The summed E-state index contributed by atoms with van der Waals surface area (Å²) in [6.07, 6.45) is 0. The number of methoxy groups -OCH3 is 1. The number of ether oxygens (including phenoxy) is 2. The number of nitrogens with zero attached hydrogens (tertiary/aromatic N) is 1. The van der Waals surface area contributed by atoms with Gasteiger partial charge in [-0.25, -0.2) is 8.42 Å². The van der Waals surface area contributed by atoms with Crippen molar-refractivity contribution in [2.45, 2.75) is 11.8 Å². The van der Waals surface area contributed by atoms with Crippen molar-refractivity contribution >= 4 is 38.9 Å². The molecule has 4 rings (SSSR count). The standard InChI is InChI=1S/C22H19ClN2O5S/c1-13-4-9-18-20(10-13)30-19-12-17(23)21(11-16(19)22(26)24-18)31(27,28)25(2)14-5-7-15(29-3)8-6-14/h4-12H,1-3H3,(H,24,26). The number of aryl methyl sites for hydroxylation is 1. The molecule has 3 aromatic rings. The summed E-state index contributed by atoms with van der Waals surface area (Å²) in [6, 6.07) is 14.5. The normalized spacial score (nSPS) is 12.7. The van der Waals surface area contributed by atoms with Crippen LogP contribution in [0.2, 0.25) is 5.02 Å². The number of rotatable bonds is 4. The highest BCUT2D eigenvalue weighted by Gasteiger charge is 2.29. The minimum atomic E-state index is -4.06. The SMILES string of the molecule is COc1ccc(N(C)S(=O)(=O)c2cc3c(cc2Cl)Oc2cc(C)ccc2NC3=O)cc1. The Balaban J connectivity index is 1.77. The van der Waals surface area contributed by atoms with Crippen molar-refractivity contribution in [3.8, 4) is 17.2 Å². The average molecular weight is 459 g/mol. The van der Waals surface area contributed by atoms with Gasteiger partial charge in [-0.15, -0.1) is 0 Å². The molecule has 0 radical (unpaired) electrons. The lowest BCUT2D eigenvalue weighted by Gasteiger charge is -2.21. The lowest BCUT2D eigenvalue weighted by molar-refractivity contribution is 0.102. The first-order chi connectivity index (χ1) is 14.7. The van der Waals surface area contributed by atoms with Crippen molar-refractivity contribution in [2.75, 3.05) is 23.8 Å². The van der Waals surface area contributed by atoms with Crippen molar-refractivity contribution in [2.24, 2.45) is 0 Å². The summed E-state index contributed by atoms with van der Waals surface area (Å²) in [7, 11) is -1.12. The van der Waals surface area contributed by atoms with Gasteiger partial charge in [0, 0.05) is 13.1 Å². The first kappa shape index (κ1) is 21.0. The van der Waals surface area contributed by atoms with Crippen LogP contribution in [0.5, 0.6) is 17.2 Å². The highest BCUT2D eigenvalue weighted by molar-refractivity contribution is 7.93. The summed E-state index contributed by atoms with van der Waals surface area (Å²) in [4.78, 5) is 12.6. The van der Waals surface area contributed by atoms with Crippen LogP contribution in [0.4, 0.5) is 11.4 Å². The summed E-state index contributed by atoms with van der Waals surface area (Å²) >= 11 is 6.35. The van der Waals surface area contributed by atoms with E-state index in [0.717, 1.165) is 9.87 Å². The molecule has 0 aromatic heterocycles. The highest BCUT2D eigenvalue weighted by atomic mass is 35.5. The average Bonchev–Trinajstić information content (AvgIpc) is 2.87. The smallest absolute Gasteiger partial charge is 0.265 e. The Labute approximate surface area is 185 Å². The zero-order valence-corrected chi connectivity index (χ0v) is 18.5. The van der Waals surface area contributed by atoms with Gasteiger partial charge in [-0.3, -0.25) is 9.10 Å². The van der Waals surface area contributed by atoms with Crippen LogP contribution in [-0.4, -0.2) is 28.5 Å². The lowest BCUT2D eigenvalue weighted by Crippen LogP contribution is -2.27. The predicted molar refractivity (Wildman–Crippen MR) is 119 cm³/mol. The van der Waals surface area contributed by atoms with Gasteiger partial charge in [0.15, 0.2) is 5.75 Å². The molecule has 3 aromatic carbocycles. The minimum absolute atomic E-state index is 0.0528. The van der Waals surface area contributed by atoms with Crippen LogP contribution in [0.3, 0.4) is 0 Å². The number of hydrogen-bond acceptors (Lipinski definition) is 5. The fraction of sp³-hybridized carbons (Fsp3) is 0.136. The Kier molecular flexibility index (Phi) is 5.28. The monoisotopic (exact) mass is 458 g/mol. The Morgan fingerprint density at radius 2 is 1.74 bits per heavy atom. The van der Waals surface area contributed by atoms with Crippen molar-refractivity contribution in [1.82, 2.24) is 0 Å². The lowest BCUT2D eigenvalue weighted by atomic mass is 10.2.